The van der Waals surface area contributed by atoms with Gasteiger partial charge in [-0.3, -0.25) is 0 Å². The van der Waals surface area contributed by atoms with Crippen LogP contribution in [0.3, 0.4) is 0 Å². The number of hydrogen-bond donors (Lipinski definition) is 1. The molecule has 0 aromatic rings. The molecule has 2 saturated heterocycles. The molecule has 0 aromatic heterocycles. The summed E-state index contributed by atoms with van der Waals surface area (Å²) in [5.41, 5.74) is 0. The molecule has 2 nitrogen and oxygen atoms in total. The van der Waals surface area contributed by atoms with Crippen LogP contribution in [0.2, 0.25) is 0 Å². The fourth-order valence-corrected chi connectivity index (χ4v) is 1.52. The lowest BCUT2D eigenvalue weighted by molar-refractivity contribution is 0.0648. The zero-order valence-electron chi connectivity index (χ0n) is 5.14. The number of halogens is 1. The first-order valence-corrected chi connectivity index (χ1v) is 3.34. The van der Waals surface area contributed by atoms with E-state index in [9.17, 15) is 4.39 Å². The third-order valence-electron chi connectivity index (χ3n) is 2.01. The van der Waals surface area contributed by atoms with Crippen LogP contribution in [0.4, 0.5) is 4.39 Å². The highest BCUT2D eigenvalue weighted by atomic mass is 19.1. The van der Waals surface area contributed by atoms with Gasteiger partial charge in [0, 0.05) is 6.04 Å². The van der Waals surface area contributed by atoms with E-state index in [2.05, 4.69) is 5.32 Å². The normalized spacial score (nSPS) is 49.7. The summed E-state index contributed by atoms with van der Waals surface area (Å²) in [5, 5.41) is 3.14. The van der Waals surface area contributed by atoms with Crippen molar-refractivity contribution in [3.63, 3.8) is 0 Å². The van der Waals surface area contributed by atoms with Crippen molar-refractivity contribution in [2.45, 2.75) is 24.7 Å². The van der Waals surface area contributed by atoms with Gasteiger partial charge in [-0.1, -0.05) is 0 Å². The standard InChI is InChI=1S/C6H10FNO/c7-5-1-4-2-9-3-6(5)8-4/h4-6,8H,1-3H2. The average molecular weight is 131 g/mol. The predicted molar refractivity (Wildman–Crippen MR) is 31.0 cm³/mol. The Morgan fingerprint density at radius 3 is 3.00 bits per heavy atom. The minimum absolute atomic E-state index is 0.0104. The van der Waals surface area contributed by atoms with Crippen LogP contribution in [0.25, 0.3) is 0 Å². The fraction of sp³-hybridized carbons (Fsp3) is 1.00. The molecule has 0 aliphatic carbocycles. The number of alkyl halides is 1. The first-order chi connectivity index (χ1) is 4.36. The van der Waals surface area contributed by atoms with Crippen LogP contribution in [0.1, 0.15) is 6.42 Å². The van der Waals surface area contributed by atoms with E-state index in [0.29, 0.717) is 25.7 Å². The Morgan fingerprint density at radius 1 is 1.44 bits per heavy atom. The molecule has 2 aliphatic rings. The van der Waals surface area contributed by atoms with Crippen LogP contribution >= 0.6 is 0 Å². The van der Waals surface area contributed by atoms with Gasteiger partial charge < -0.3 is 10.1 Å². The number of nitrogens with one attached hydrogen (secondary N) is 1. The summed E-state index contributed by atoms with van der Waals surface area (Å²) in [6, 6.07) is 0.280. The van der Waals surface area contributed by atoms with Gasteiger partial charge in [0.05, 0.1) is 19.3 Å². The smallest absolute Gasteiger partial charge is 0.119 e. The van der Waals surface area contributed by atoms with Crippen LogP contribution in [-0.4, -0.2) is 31.5 Å². The van der Waals surface area contributed by atoms with Crippen LogP contribution < -0.4 is 5.32 Å². The highest BCUT2D eigenvalue weighted by Crippen LogP contribution is 2.20. The summed E-state index contributed by atoms with van der Waals surface area (Å²) < 4.78 is 17.9. The number of hydrogen-bond acceptors (Lipinski definition) is 2. The molecule has 1 N–H and O–H groups in total. The zero-order chi connectivity index (χ0) is 6.27. The Bertz CT molecular complexity index is 118. The summed E-state index contributed by atoms with van der Waals surface area (Å²) in [5.74, 6) is 0. The molecule has 0 radical (unpaired) electrons. The van der Waals surface area contributed by atoms with Crippen molar-refractivity contribution >= 4 is 0 Å². The van der Waals surface area contributed by atoms with Crippen molar-refractivity contribution in [1.82, 2.24) is 5.32 Å². The molecule has 0 amide bonds. The fourth-order valence-electron chi connectivity index (χ4n) is 1.52. The summed E-state index contributed by atoms with van der Waals surface area (Å²) in [4.78, 5) is 0. The molecule has 2 bridgehead atoms. The third-order valence-corrected chi connectivity index (χ3v) is 2.01. The lowest BCUT2D eigenvalue weighted by Gasteiger charge is -2.20. The highest BCUT2D eigenvalue weighted by molar-refractivity contribution is 4.93. The quantitative estimate of drug-likeness (QED) is 0.503. The van der Waals surface area contributed by atoms with Crippen molar-refractivity contribution in [1.29, 1.82) is 0 Å². The molecule has 3 heteroatoms. The molecular formula is C6H10FNO. The van der Waals surface area contributed by atoms with Crippen LogP contribution in [0, 0.1) is 0 Å². The topological polar surface area (TPSA) is 21.3 Å². The van der Waals surface area contributed by atoms with E-state index < -0.39 is 6.17 Å². The Labute approximate surface area is 53.4 Å². The minimum atomic E-state index is -0.669. The second-order valence-electron chi connectivity index (χ2n) is 2.76. The molecule has 9 heavy (non-hydrogen) atoms. The SMILES string of the molecule is FC1CC2COCC1N2. The number of rotatable bonds is 0. The molecule has 0 saturated carbocycles. The van der Waals surface area contributed by atoms with E-state index in [1.807, 2.05) is 0 Å². The molecule has 2 rings (SSSR count). The number of ether oxygens (including phenoxy) is 1. The van der Waals surface area contributed by atoms with Crippen LogP contribution in [0.5, 0.6) is 0 Å². The van der Waals surface area contributed by atoms with E-state index in [1.165, 1.54) is 0 Å². The monoisotopic (exact) mass is 131 g/mol. The van der Waals surface area contributed by atoms with E-state index in [-0.39, 0.29) is 6.04 Å². The van der Waals surface area contributed by atoms with Crippen molar-refractivity contribution < 1.29 is 9.13 Å². The van der Waals surface area contributed by atoms with Crippen molar-refractivity contribution in [3.8, 4) is 0 Å². The van der Waals surface area contributed by atoms with Gasteiger partial charge in [-0.2, -0.15) is 0 Å². The summed E-state index contributed by atoms with van der Waals surface area (Å²) in [6.07, 6.45) is -0.0255. The third kappa shape index (κ3) is 0.843. The summed E-state index contributed by atoms with van der Waals surface area (Å²) in [6.45, 7) is 1.24. The van der Waals surface area contributed by atoms with Gasteiger partial charge in [0.2, 0.25) is 0 Å². The van der Waals surface area contributed by atoms with Gasteiger partial charge >= 0.3 is 0 Å². The van der Waals surface area contributed by atoms with Gasteiger partial charge in [-0.15, -0.1) is 0 Å². The molecular weight excluding hydrogens is 121 g/mol. The average Bonchev–Trinajstić information content (AvgIpc) is 2.09. The Kier molecular flexibility index (Phi) is 1.20. The molecule has 52 valence electrons. The Hall–Kier alpha value is -0.150. The van der Waals surface area contributed by atoms with Gasteiger partial charge in [-0.25, -0.2) is 4.39 Å². The maximum atomic E-state index is 12.7. The maximum absolute atomic E-state index is 12.7. The molecule has 2 aliphatic heterocycles. The van der Waals surface area contributed by atoms with Crippen molar-refractivity contribution in [2.24, 2.45) is 0 Å². The second kappa shape index (κ2) is 1.92. The van der Waals surface area contributed by atoms with E-state index in [4.69, 9.17) is 4.74 Å². The number of fused-ring (bicyclic) bond motifs is 2. The van der Waals surface area contributed by atoms with Gasteiger partial charge in [0.1, 0.15) is 6.17 Å². The largest absolute Gasteiger partial charge is 0.378 e. The molecule has 0 spiro atoms. The Balaban J connectivity index is 2.07. The van der Waals surface area contributed by atoms with Crippen LogP contribution in [-0.2, 0) is 4.74 Å². The maximum Gasteiger partial charge on any atom is 0.119 e. The molecule has 0 aromatic carbocycles. The first kappa shape index (κ1) is 5.62. The molecule has 2 fully saturated rings. The second-order valence-corrected chi connectivity index (χ2v) is 2.76. The zero-order valence-corrected chi connectivity index (χ0v) is 5.14. The lowest BCUT2D eigenvalue weighted by atomic mass is 10.2. The van der Waals surface area contributed by atoms with Crippen molar-refractivity contribution in [2.75, 3.05) is 13.2 Å². The highest BCUT2D eigenvalue weighted by Gasteiger charge is 2.37. The predicted octanol–water partition coefficient (Wildman–Crippen LogP) is 0.0852. The molecule has 2 heterocycles. The first-order valence-electron chi connectivity index (χ1n) is 3.34. The van der Waals surface area contributed by atoms with E-state index >= 15 is 0 Å². The van der Waals surface area contributed by atoms with Crippen molar-refractivity contribution in [3.05, 3.63) is 0 Å². The Morgan fingerprint density at radius 2 is 2.33 bits per heavy atom. The van der Waals surface area contributed by atoms with E-state index in [0.717, 1.165) is 0 Å². The molecule has 3 unspecified atom stereocenters. The molecule has 3 atom stereocenters. The van der Waals surface area contributed by atoms with Gasteiger partial charge in [0.25, 0.3) is 0 Å². The minimum Gasteiger partial charge on any atom is -0.378 e. The van der Waals surface area contributed by atoms with Gasteiger partial charge in [0.15, 0.2) is 0 Å². The van der Waals surface area contributed by atoms with Crippen LogP contribution in [0.15, 0.2) is 0 Å². The summed E-state index contributed by atoms with van der Waals surface area (Å²) in [7, 11) is 0. The lowest BCUT2D eigenvalue weighted by Crippen LogP contribution is -2.43. The van der Waals surface area contributed by atoms with E-state index in [1.54, 1.807) is 0 Å². The van der Waals surface area contributed by atoms with Gasteiger partial charge in [-0.05, 0) is 6.42 Å². The number of morpholine rings is 1. The summed E-state index contributed by atoms with van der Waals surface area (Å²) >= 11 is 0.